The lowest BCUT2D eigenvalue weighted by Crippen LogP contribution is -2.00. The number of ether oxygens (including phenoxy) is 1. The van der Waals surface area contributed by atoms with E-state index < -0.39 is 0 Å². The normalized spacial score (nSPS) is 10.3. The van der Waals surface area contributed by atoms with E-state index in [-0.39, 0.29) is 0 Å². The van der Waals surface area contributed by atoms with Crippen molar-refractivity contribution >= 4 is 11.8 Å². The van der Waals surface area contributed by atoms with E-state index in [9.17, 15) is 0 Å². The summed E-state index contributed by atoms with van der Waals surface area (Å²) in [5, 5.41) is 19.2. The lowest BCUT2D eigenvalue weighted by molar-refractivity contribution is 0.416. The molecule has 0 N–H and O–H groups in total. The number of nitrogens with zero attached hydrogens (tertiary/aromatic N) is 4. The lowest BCUT2D eigenvalue weighted by Gasteiger charge is -2.04. The van der Waals surface area contributed by atoms with Crippen LogP contribution in [-0.4, -0.2) is 22.1 Å². The number of hydrogen-bond donors (Lipinski definition) is 0. The minimum atomic E-state index is 0.599. The summed E-state index contributed by atoms with van der Waals surface area (Å²) in [4.78, 5) is 0.926. The molecule has 0 radical (unpaired) electrons. The zero-order valence-electron chi connectivity index (χ0n) is 12.5. The quantitative estimate of drug-likeness (QED) is 0.531. The molecule has 0 bridgehead atoms. The number of benzene rings is 2. The highest BCUT2D eigenvalue weighted by molar-refractivity contribution is 8.03. The van der Waals surface area contributed by atoms with Gasteiger partial charge in [0.05, 0.1) is 19.9 Å². The fourth-order valence-electron chi connectivity index (χ4n) is 2.30. The average molecular weight is 322 g/mol. The molecule has 0 saturated carbocycles. The minimum Gasteiger partial charge on any atom is -0.496 e. The Morgan fingerprint density at radius 2 is 2.09 bits per heavy atom. The van der Waals surface area contributed by atoms with Gasteiger partial charge in [-0.3, -0.25) is 0 Å². The van der Waals surface area contributed by atoms with Gasteiger partial charge in [-0.1, -0.05) is 29.5 Å². The number of aromatic nitrogens is 3. The third-order valence-corrected chi connectivity index (χ3v) is 3.91. The van der Waals surface area contributed by atoms with Gasteiger partial charge in [0.15, 0.2) is 0 Å². The third-order valence-electron chi connectivity index (χ3n) is 3.33. The molecule has 5 nitrogen and oxygen atoms in total. The van der Waals surface area contributed by atoms with E-state index >= 15 is 0 Å². The molecule has 2 aromatic carbocycles. The summed E-state index contributed by atoms with van der Waals surface area (Å²) in [5.74, 6) is 0.770. The Labute approximate surface area is 138 Å². The molecule has 3 aromatic rings. The smallest absolute Gasteiger partial charge is 0.138 e. The molecular weight excluding hydrogens is 308 g/mol. The van der Waals surface area contributed by atoms with Crippen molar-refractivity contribution in [2.24, 2.45) is 0 Å². The fourth-order valence-corrected chi connectivity index (χ4v) is 2.76. The van der Waals surface area contributed by atoms with Crippen LogP contribution in [0.25, 0.3) is 11.3 Å². The van der Waals surface area contributed by atoms with E-state index in [4.69, 9.17) is 10.00 Å². The molecule has 0 saturated heterocycles. The number of para-hydroxylation sites is 1. The standard InChI is InChI=1S/C17H14N4OS/c1-22-17-8-3-2-7-15(17)16-11-21(20-19-16)10-13-5-4-6-14(9-13)23-12-18/h2-9,11H,10H2,1H3. The Hall–Kier alpha value is -2.78. The zero-order valence-corrected chi connectivity index (χ0v) is 13.3. The summed E-state index contributed by atoms with van der Waals surface area (Å²) in [6.45, 7) is 0.599. The van der Waals surface area contributed by atoms with Crippen molar-refractivity contribution in [3.05, 3.63) is 60.3 Å². The molecule has 0 fully saturated rings. The Morgan fingerprint density at radius 3 is 2.91 bits per heavy atom. The molecular formula is C17H14N4OS. The van der Waals surface area contributed by atoms with Gasteiger partial charge in [0.1, 0.15) is 16.8 Å². The first kappa shape index (κ1) is 15.1. The van der Waals surface area contributed by atoms with Crippen molar-refractivity contribution in [2.75, 3.05) is 7.11 Å². The van der Waals surface area contributed by atoms with Crippen molar-refractivity contribution in [1.82, 2.24) is 15.0 Å². The number of thioether (sulfide) groups is 1. The zero-order chi connectivity index (χ0) is 16.1. The van der Waals surface area contributed by atoms with Gasteiger partial charge in [-0.25, -0.2) is 4.68 Å². The van der Waals surface area contributed by atoms with Crippen LogP contribution in [-0.2, 0) is 6.54 Å². The van der Waals surface area contributed by atoms with Crippen molar-refractivity contribution in [3.63, 3.8) is 0 Å². The molecule has 114 valence electrons. The van der Waals surface area contributed by atoms with Gasteiger partial charge in [0.2, 0.25) is 0 Å². The first-order valence-corrected chi connectivity index (χ1v) is 7.80. The molecule has 0 aliphatic heterocycles. The molecule has 1 aromatic heterocycles. The average Bonchev–Trinajstić information content (AvgIpc) is 3.04. The van der Waals surface area contributed by atoms with Crippen molar-refractivity contribution < 1.29 is 4.74 Å². The lowest BCUT2D eigenvalue weighted by atomic mass is 10.1. The second-order valence-electron chi connectivity index (χ2n) is 4.84. The fraction of sp³-hybridized carbons (Fsp3) is 0.118. The Morgan fingerprint density at radius 1 is 1.22 bits per heavy atom. The Balaban J connectivity index is 1.83. The topological polar surface area (TPSA) is 63.7 Å². The number of methoxy groups -OCH3 is 1. The van der Waals surface area contributed by atoms with Crippen LogP contribution in [0.5, 0.6) is 5.75 Å². The monoisotopic (exact) mass is 322 g/mol. The Bertz CT molecular complexity index is 854. The number of rotatable bonds is 5. The van der Waals surface area contributed by atoms with Crippen LogP contribution in [0, 0.1) is 10.7 Å². The highest BCUT2D eigenvalue weighted by Crippen LogP contribution is 2.27. The first-order valence-electron chi connectivity index (χ1n) is 6.98. The maximum absolute atomic E-state index is 8.75. The van der Waals surface area contributed by atoms with Gasteiger partial charge in [0, 0.05) is 10.5 Å². The largest absolute Gasteiger partial charge is 0.496 e. The first-order chi connectivity index (χ1) is 11.3. The number of hydrogen-bond acceptors (Lipinski definition) is 5. The summed E-state index contributed by atoms with van der Waals surface area (Å²) < 4.78 is 7.14. The van der Waals surface area contributed by atoms with E-state index in [1.807, 2.05) is 54.7 Å². The van der Waals surface area contributed by atoms with Crippen molar-refractivity contribution in [2.45, 2.75) is 11.4 Å². The predicted octanol–water partition coefficient (Wildman–Crippen LogP) is 3.58. The van der Waals surface area contributed by atoms with Gasteiger partial charge in [0.25, 0.3) is 0 Å². The third kappa shape index (κ3) is 3.52. The highest BCUT2D eigenvalue weighted by atomic mass is 32.2. The van der Waals surface area contributed by atoms with Crippen molar-refractivity contribution in [3.8, 4) is 22.4 Å². The molecule has 0 amide bonds. The maximum atomic E-state index is 8.75. The molecule has 0 aliphatic carbocycles. The summed E-state index contributed by atoms with van der Waals surface area (Å²) >= 11 is 1.15. The van der Waals surface area contributed by atoms with E-state index in [0.717, 1.165) is 39.2 Å². The number of nitriles is 1. The summed E-state index contributed by atoms with van der Waals surface area (Å²) in [5.41, 5.74) is 2.75. The minimum absolute atomic E-state index is 0.599. The Kier molecular flexibility index (Phi) is 4.60. The van der Waals surface area contributed by atoms with Crippen molar-refractivity contribution in [1.29, 1.82) is 5.26 Å². The molecule has 3 rings (SSSR count). The predicted molar refractivity (Wildman–Crippen MR) is 89.0 cm³/mol. The van der Waals surface area contributed by atoms with E-state index in [1.54, 1.807) is 11.8 Å². The van der Waals surface area contributed by atoms with Gasteiger partial charge in [-0.05, 0) is 41.6 Å². The van der Waals surface area contributed by atoms with Gasteiger partial charge in [-0.2, -0.15) is 5.26 Å². The van der Waals surface area contributed by atoms with Gasteiger partial charge >= 0.3 is 0 Å². The van der Waals surface area contributed by atoms with Crippen LogP contribution in [0.15, 0.2) is 59.6 Å². The summed E-state index contributed by atoms with van der Waals surface area (Å²) in [6.07, 6.45) is 1.89. The van der Waals surface area contributed by atoms with Crippen LogP contribution in [0.2, 0.25) is 0 Å². The second kappa shape index (κ2) is 6.99. The number of thiocyanates is 1. The van der Waals surface area contributed by atoms with Gasteiger partial charge in [-0.15, -0.1) is 5.10 Å². The van der Waals surface area contributed by atoms with Crippen LogP contribution in [0.1, 0.15) is 5.56 Å². The molecule has 0 spiro atoms. The molecule has 6 heteroatoms. The van der Waals surface area contributed by atoms with E-state index in [1.165, 1.54) is 0 Å². The summed E-state index contributed by atoms with van der Waals surface area (Å²) in [7, 11) is 1.64. The molecule has 0 atom stereocenters. The highest BCUT2D eigenvalue weighted by Gasteiger charge is 2.09. The molecule has 1 heterocycles. The van der Waals surface area contributed by atoms with E-state index in [0.29, 0.717) is 6.54 Å². The maximum Gasteiger partial charge on any atom is 0.138 e. The van der Waals surface area contributed by atoms with Crippen LogP contribution < -0.4 is 4.74 Å². The SMILES string of the molecule is COc1ccccc1-c1cn(Cc2cccc(SC#N)c2)nn1. The second-order valence-corrected chi connectivity index (χ2v) is 5.70. The molecule has 0 aliphatic rings. The summed E-state index contributed by atoms with van der Waals surface area (Å²) in [6, 6.07) is 15.6. The van der Waals surface area contributed by atoms with E-state index in [2.05, 4.69) is 15.7 Å². The van der Waals surface area contributed by atoms with Crippen LogP contribution in [0.4, 0.5) is 0 Å². The molecule has 0 unspecified atom stereocenters. The van der Waals surface area contributed by atoms with Crippen LogP contribution >= 0.6 is 11.8 Å². The van der Waals surface area contributed by atoms with Crippen LogP contribution in [0.3, 0.4) is 0 Å². The molecule has 23 heavy (non-hydrogen) atoms. The van der Waals surface area contributed by atoms with Gasteiger partial charge < -0.3 is 4.74 Å².